The van der Waals surface area contributed by atoms with Crippen molar-refractivity contribution in [2.45, 2.75) is 46.1 Å². The minimum Gasteiger partial charge on any atom is -0.271 e. The van der Waals surface area contributed by atoms with Gasteiger partial charge in [0.1, 0.15) is 0 Å². The summed E-state index contributed by atoms with van der Waals surface area (Å²) in [4.78, 5) is 5.89. The van der Waals surface area contributed by atoms with Crippen LogP contribution < -0.4 is 11.3 Å². The zero-order valence-corrected chi connectivity index (χ0v) is 13.3. The lowest BCUT2D eigenvalue weighted by Gasteiger charge is -2.14. The van der Waals surface area contributed by atoms with Gasteiger partial charge in [0, 0.05) is 17.3 Å². The van der Waals surface area contributed by atoms with Crippen LogP contribution in [-0.4, -0.2) is 11.0 Å². The highest BCUT2D eigenvalue weighted by atomic mass is 32.1. The largest absolute Gasteiger partial charge is 0.271 e. The average Bonchev–Trinajstić information content (AvgIpc) is 2.73. The van der Waals surface area contributed by atoms with E-state index in [0.29, 0.717) is 0 Å². The molecule has 0 radical (unpaired) electrons. The third-order valence-corrected chi connectivity index (χ3v) is 4.69. The summed E-state index contributed by atoms with van der Waals surface area (Å²) in [6, 6.07) is 8.94. The van der Waals surface area contributed by atoms with Crippen LogP contribution in [0.15, 0.2) is 24.3 Å². The molecule has 2 rings (SSSR count). The Kier molecular flexibility index (Phi) is 5.29. The molecule has 0 aliphatic heterocycles. The first-order chi connectivity index (χ1) is 9.58. The van der Waals surface area contributed by atoms with E-state index in [2.05, 4.69) is 55.4 Å². The minimum absolute atomic E-state index is 0.278. The smallest absolute Gasteiger partial charge is 0.0946 e. The highest BCUT2D eigenvalue weighted by Gasteiger charge is 2.12. The zero-order valence-electron chi connectivity index (χ0n) is 12.4. The molecule has 0 bridgehead atoms. The van der Waals surface area contributed by atoms with E-state index in [-0.39, 0.29) is 6.04 Å². The Morgan fingerprint density at radius 3 is 2.70 bits per heavy atom. The van der Waals surface area contributed by atoms with Gasteiger partial charge in [-0.15, -0.1) is 11.3 Å². The van der Waals surface area contributed by atoms with Gasteiger partial charge < -0.3 is 0 Å². The maximum absolute atomic E-state index is 5.69. The van der Waals surface area contributed by atoms with Gasteiger partial charge >= 0.3 is 0 Å². The number of nitrogens with zero attached hydrogens (tertiary/aromatic N) is 1. The molecule has 1 atom stereocenters. The van der Waals surface area contributed by atoms with Crippen LogP contribution in [0.5, 0.6) is 0 Å². The molecule has 0 aliphatic carbocycles. The number of hydrogen-bond acceptors (Lipinski definition) is 4. The van der Waals surface area contributed by atoms with Crippen molar-refractivity contribution < 1.29 is 0 Å². The molecular weight excluding hydrogens is 266 g/mol. The molecule has 0 aliphatic rings. The van der Waals surface area contributed by atoms with E-state index in [1.54, 1.807) is 11.3 Å². The van der Waals surface area contributed by atoms with Gasteiger partial charge in [-0.05, 0) is 39.2 Å². The summed E-state index contributed by atoms with van der Waals surface area (Å²) in [5.41, 5.74) is 6.75. The summed E-state index contributed by atoms with van der Waals surface area (Å²) in [6.07, 6.45) is 2.97. The van der Waals surface area contributed by atoms with Crippen molar-refractivity contribution in [1.82, 2.24) is 10.4 Å². The number of rotatable bonds is 6. The Morgan fingerprint density at radius 2 is 2.10 bits per heavy atom. The summed E-state index contributed by atoms with van der Waals surface area (Å²) in [6.45, 7) is 6.31. The lowest BCUT2D eigenvalue weighted by atomic mass is 10.0. The second-order valence-electron chi connectivity index (χ2n) is 5.34. The van der Waals surface area contributed by atoms with Crippen molar-refractivity contribution >= 4 is 11.3 Å². The number of aryl methyl sites for hydroxylation is 4. The minimum atomic E-state index is 0.278. The van der Waals surface area contributed by atoms with Gasteiger partial charge in [0.05, 0.1) is 10.7 Å². The number of nitrogens with one attached hydrogen (secondary N) is 1. The molecule has 4 heteroatoms. The highest BCUT2D eigenvalue weighted by molar-refractivity contribution is 7.11. The Morgan fingerprint density at radius 1 is 1.30 bits per heavy atom. The molecule has 1 unspecified atom stereocenters. The van der Waals surface area contributed by atoms with Crippen LogP contribution in [0.2, 0.25) is 0 Å². The number of thiazole rings is 1. The van der Waals surface area contributed by atoms with E-state index in [4.69, 9.17) is 5.84 Å². The van der Waals surface area contributed by atoms with Crippen LogP contribution in [0.1, 0.15) is 33.1 Å². The standard InChI is InChI=1S/C16H23N3S/c1-11-5-4-6-14(9-11)7-8-15(19-17)10-16-18-12(2)13(3)20-16/h4-6,9,15,19H,7-8,10,17H2,1-3H3. The van der Waals surface area contributed by atoms with Crippen molar-refractivity contribution in [2.24, 2.45) is 5.84 Å². The van der Waals surface area contributed by atoms with Gasteiger partial charge in [-0.3, -0.25) is 11.3 Å². The second kappa shape index (κ2) is 6.97. The van der Waals surface area contributed by atoms with Gasteiger partial charge in [0.25, 0.3) is 0 Å². The SMILES string of the molecule is Cc1cccc(CCC(Cc2nc(C)c(C)s2)NN)c1. The molecular formula is C16H23N3S. The number of hydrogen-bond donors (Lipinski definition) is 2. The van der Waals surface area contributed by atoms with E-state index in [0.717, 1.165) is 25.0 Å². The topological polar surface area (TPSA) is 50.9 Å². The molecule has 1 aromatic heterocycles. The summed E-state index contributed by atoms with van der Waals surface area (Å²) < 4.78 is 0. The Bertz CT molecular complexity index is 543. The molecule has 0 fully saturated rings. The summed E-state index contributed by atoms with van der Waals surface area (Å²) in [5, 5.41) is 1.17. The monoisotopic (exact) mass is 289 g/mol. The van der Waals surface area contributed by atoms with Crippen LogP contribution in [0.4, 0.5) is 0 Å². The van der Waals surface area contributed by atoms with Gasteiger partial charge in [-0.2, -0.15) is 0 Å². The third-order valence-electron chi connectivity index (χ3n) is 3.59. The fourth-order valence-corrected chi connectivity index (χ4v) is 3.30. The first-order valence-electron chi connectivity index (χ1n) is 7.03. The van der Waals surface area contributed by atoms with Gasteiger partial charge in [0.2, 0.25) is 0 Å². The van der Waals surface area contributed by atoms with E-state index in [1.165, 1.54) is 21.0 Å². The Balaban J connectivity index is 1.92. The number of hydrazine groups is 1. The van der Waals surface area contributed by atoms with Crippen LogP contribution in [0, 0.1) is 20.8 Å². The Hall–Kier alpha value is -1.23. The molecule has 20 heavy (non-hydrogen) atoms. The number of benzene rings is 1. The van der Waals surface area contributed by atoms with Crippen molar-refractivity contribution in [3.8, 4) is 0 Å². The first-order valence-corrected chi connectivity index (χ1v) is 7.84. The van der Waals surface area contributed by atoms with Crippen LogP contribution in [-0.2, 0) is 12.8 Å². The van der Waals surface area contributed by atoms with Gasteiger partial charge in [-0.25, -0.2) is 4.98 Å². The highest BCUT2D eigenvalue weighted by Crippen LogP contribution is 2.19. The molecule has 3 N–H and O–H groups in total. The first kappa shape index (κ1) is 15.2. The maximum atomic E-state index is 5.69. The van der Waals surface area contributed by atoms with Crippen molar-refractivity contribution in [1.29, 1.82) is 0 Å². The van der Waals surface area contributed by atoms with Crippen LogP contribution in [0.25, 0.3) is 0 Å². The zero-order chi connectivity index (χ0) is 14.5. The lowest BCUT2D eigenvalue weighted by Crippen LogP contribution is -2.37. The van der Waals surface area contributed by atoms with Gasteiger partial charge in [0.15, 0.2) is 0 Å². The van der Waals surface area contributed by atoms with Crippen LogP contribution >= 0.6 is 11.3 Å². The molecule has 108 valence electrons. The second-order valence-corrected chi connectivity index (χ2v) is 6.63. The Labute approximate surface area is 125 Å². The van der Waals surface area contributed by atoms with E-state index in [9.17, 15) is 0 Å². The fraction of sp³-hybridized carbons (Fsp3) is 0.438. The van der Waals surface area contributed by atoms with Crippen molar-refractivity contribution in [3.63, 3.8) is 0 Å². The van der Waals surface area contributed by atoms with Gasteiger partial charge in [-0.1, -0.05) is 29.8 Å². The van der Waals surface area contributed by atoms with E-state index in [1.807, 2.05) is 0 Å². The third kappa shape index (κ3) is 4.13. The van der Waals surface area contributed by atoms with Crippen molar-refractivity contribution in [2.75, 3.05) is 0 Å². The molecule has 2 aromatic rings. The predicted molar refractivity (Wildman–Crippen MR) is 85.9 cm³/mol. The summed E-state index contributed by atoms with van der Waals surface area (Å²) in [5.74, 6) is 5.69. The summed E-state index contributed by atoms with van der Waals surface area (Å²) in [7, 11) is 0. The molecule has 1 aromatic carbocycles. The fourth-order valence-electron chi connectivity index (χ4n) is 2.29. The maximum Gasteiger partial charge on any atom is 0.0946 e. The molecule has 0 spiro atoms. The van der Waals surface area contributed by atoms with E-state index >= 15 is 0 Å². The van der Waals surface area contributed by atoms with Crippen LogP contribution in [0.3, 0.4) is 0 Å². The number of nitrogens with two attached hydrogens (primary N) is 1. The number of aromatic nitrogens is 1. The molecule has 0 saturated heterocycles. The summed E-state index contributed by atoms with van der Waals surface area (Å²) >= 11 is 1.78. The molecule has 0 saturated carbocycles. The average molecular weight is 289 g/mol. The predicted octanol–water partition coefficient (Wildman–Crippen LogP) is 3.08. The quantitative estimate of drug-likeness (QED) is 0.635. The molecule has 3 nitrogen and oxygen atoms in total. The molecule has 0 amide bonds. The van der Waals surface area contributed by atoms with E-state index < -0.39 is 0 Å². The molecule has 1 heterocycles. The lowest BCUT2D eigenvalue weighted by molar-refractivity contribution is 0.490. The van der Waals surface area contributed by atoms with Crippen molar-refractivity contribution in [3.05, 3.63) is 51.0 Å². The normalized spacial score (nSPS) is 12.6.